The Morgan fingerprint density at radius 2 is 2.14 bits per heavy atom. The molecule has 1 atom stereocenters. The van der Waals surface area contributed by atoms with Crippen LogP contribution in [0.2, 0.25) is 0 Å². The molecule has 1 fully saturated rings. The number of carboxylic acid groups (broad SMARTS) is 1. The Bertz CT molecular complexity index is 630. The van der Waals surface area contributed by atoms with Gasteiger partial charge in [-0.1, -0.05) is 18.2 Å². The van der Waals surface area contributed by atoms with Gasteiger partial charge < -0.3 is 19.6 Å². The van der Waals surface area contributed by atoms with E-state index in [1.165, 1.54) is 0 Å². The van der Waals surface area contributed by atoms with Crippen molar-refractivity contribution in [2.75, 3.05) is 19.8 Å². The number of carboxylic acids is 1. The van der Waals surface area contributed by atoms with Crippen LogP contribution in [0.4, 0.5) is 0 Å². The lowest BCUT2D eigenvalue weighted by atomic mass is 9.86. The summed E-state index contributed by atoms with van der Waals surface area (Å²) in [5.74, 6) is -0.895. The van der Waals surface area contributed by atoms with Crippen molar-refractivity contribution in [2.45, 2.75) is 19.4 Å². The molecule has 1 unspecified atom stereocenters. The van der Waals surface area contributed by atoms with E-state index < -0.39 is 5.97 Å². The lowest BCUT2D eigenvalue weighted by Crippen LogP contribution is -2.36. The van der Waals surface area contributed by atoms with Crippen LogP contribution in [-0.2, 0) is 16.1 Å². The van der Waals surface area contributed by atoms with Crippen LogP contribution < -0.4 is 5.32 Å². The highest BCUT2D eigenvalue weighted by atomic mass is 16.5. The molecule has 2 N–H and O–H groups in total. The topological polar surface area (TPSA) is 71.7 Å². The summed E-state index contributed by atoms with van der Waals surface area (Å²) in [4.78, 5) is 11.5. The van der Waals surface area contributed by atoms with Gasteiger partial charge in [0.15, 0.2) is 0 Å². The fourth-order valence-electron chi connectivity index (χ4n) is 3.13. The third kappa shape index (κ3) is 3.31. The number of benzene rings is 1. The molecule has 0 bridgehead atoms. The highest BCUT2D eigenvalue weighted by Gasteiger charge is 2.29. The van der Waals surface area contributed by atoms with Crippen molar-refractivity contribution < 1.29 is 19.1 Å². The van der Waals surface area contributed by atoms with E-state index in [2.05, 4.69) is 5.32 Å². The molecule has 1 saturated heterocycles. The fraction of sp³-hybridized carbons (Fsp3) is 0.471. The molecule has 0 amide bonds. The minimum atomic E-state index is -0.726. The van der Waals surface area contributed by atoms with Crippen molar-refractivity contribution in [1.82, 2.24) is 5.32 Å². The number of nitrogens with one attached hydrogen (secondary N) is 1. The average Bonchev–Trinajstić information content (AvgIpc) is 3.01. The third-order valence-corrected chi connectivity index (χ3v) is 4.39. The largest absolute Gasteiger partial charge is 0.481 e. The second kappa shape index (κ2) is 6.94. The second-order valence-electron chi connectivity index (χ2n) is 5.78. The van der Waals surface area contributed by atoms with E-state index in [1.54, 1.807) is 6.26 Å². The van der Waals surface area contributed by atoms with Gasteiger partial charge in [0.2, 0.25) is 0 Å². The number of carbonyl (C=O) groups is 1. The van der Waals surface area contributed by atoms with Crippen LogP contribution in [0.15, 0.2) is 34.9 Å². The number of para-hydroxylation sites is 1. The number of furan rings is 1. The van der Waals surface area contributed by atoms with Crippen molar-refractivity contribution in [1.29, 1.82) is 0 Å². The first-order valence-corrected chi connectivity index (χ1v) is 7.72. The van der Waals surface area contributed by atoms with Crippen LogP contribution >= 0.6 is 0 Å². The Hall–Kier alpha value is -1.85. The third-order valence-electron chi connectivity index (χ3n) is 4.39. The summed E-state index contributed by atoms with van der Waals surface area (Å²) in [7, 11) is 0. The summed E-state index contributed by atoms with van der Waals surface area (Å²) in [6.07, 6.45) is 3.33. The summed E-state index contributed by atoms with van der Waals surface area (Å²) in [6.45, 7) is 2.41. The maximum atomic E-state index is 11.5. The van der Waals surface area contributed by atoms with E-state index >= 15 is 0 Å². The minimum absolute atomic E-state index is 0.193. The zero-order valence-electron chi connectivity index (χ0n) is 12.5. The molecule has 1 aliphatic rings. The SMILES string of the molecule is O=C(O)C(CNCc1cccc2ccoc12)C1CCOCC1. The standard InChI is InChI=1S/C17H21NO4/c19-17(20)15(12-4-7-21-8-5-12)11-18-10-14-3-1-2-13-6-9-22-16(13)14/h1-3,6,9,12,15,18H,4-5,7-8,10-11H2,(H,19,20). The summed E-state index contributed by atoms with van der Waals surface area (Å²) < 4.78 is 10.8. The molecule has 22 heavy (non-hydrogen) atoms. The minimum Gasteiger partial charge on any atom is -0.481 e. The second-order valence-corrected chi connectivity index (χ2v) is 5.78. The highest BCUT2D eigenvalue weighted by molar-refractivity contribution is 5.80. The van der Waals surface area contributed by atoms with Gasteiger partial charge in [-0.25, -0.2) is 0 Å². The predicted molar refractivity (Wildman–Crippen MR) is 82.6 cm³/mol. The van der Waals surface area contributed by atoms with Crippen molar-refractivity contribution >= 4 is 16.9 Å². The predicted octanol–water partition coefficient (Wildman–Crippen LogP) is 2.65. The van der Waals surface area contributed by atoms with E-state index in [-0.39, 0.29) is 11.8 Å². The number of fused-ring (bicyclic) bond motifs is 1. The van der Waals surface area contributed by atoms with Gasteiger partial charge in [-0.05, 0) is 24.8 Å². The molecular weight excluding hydrogens is 282 g/mol. The monoisotopic (exact) mass is 303 g/mol. The molecule has 5 heteroatoms. The van der Waals surface area contributed by atoms with E-state index in [4.69, 9.17) is 9.15 Å². The van der Waals surface area contributed by atoms with Crippen LogP contribution in [0.3, 0.4) is 0 Å². The summed E-state index contributed by atoms with van der Waals surface area (Å²) in [6, 6.07) is 7.93. The lowest BCUT2D eigenvalue weighted by molar-refractivity contribution is -0.144. The summed E-state index contributed by atoms with van der Waals surface area (Å²) in [5, 5.41) is 13.8. The molecule has 2 heterocycles. The first-order valence-electron chi connectivity index (χ1n) is 7.72. The van der Waals surface area contributed by atoms with Crippen LogP contribution in [0, 0.1) is 11.8 Å². The van der Waals surface area contributed by atoms with Crippen LogP contribution in [0.1, 0.15) is 18.4 Å². The van der Waals surface area contributed by atoms with Crippen LogP contribution in [-0.4, -0.2) is 30.8 Å². The van der Waals surface area contributed by atoms with E-state index in [9.17, 15) is 9.90 Å². The van der Waals surface area contributed by atoms with Gasteiger partial charge in [0.25, 0.3) is 0 Å². The fourth-order valence-corrected chi connectivity index (χ4v) is 3.13. The quantitative estimate of drug-likeness (QED) is 0.858. The van der Waals surface area contributed by atoms with Gasteiger partial charge in [-0.3, -0.25) is 4.79 Å². The first kappa shape index (κ1) is 15.1. The average molecular weight is 303 g/mol. The van der Waals surface area contributed by atoms with Gasteiger partial charge in [0.1, 0.15) is 5.58 Å². The van der Waals surface area contributed by atoms with Gasteiger partial charge in [-0.15, -0.1) is 0 Å². The van der Waals surface area contributed by atoms with Crippen molar-refractivity contribution in [3.8, 4) is 0 Å². The van der Waals surface area contributed by atoms with Gasteiger partial charge in [0.05, 0.1) is 12.2 Å². The first-order chi connectivity index (χ1) is 10.8. The smallest absolute Gasteiger partial charge is 0.308 e. The molecule has 1 aliphatic heterocycles. The molecule has 0 saturated carbocycles. The number of hydrogen-bond donors (Lipinski definition) is 2. The van der Waals surface area contributed by atoms with Crippen LogP contribution in [0.25, 0.3) is 11.0 Å². The number of hydrogen-bond acceptors (Lipinski definition) is 4. The maximum Gasteiger partial charge on any atom is 0.308 e. The molecular formula is C17H21NO4. The van der Waals surface area contributed by atoms with Gasteiger partial charge in [0, 0.05) is 37.3 Å². The molecule has 3 rings (SSSR count). The molecule has 0 aliphatic carbocycles. The molecule has 1 aromatic carbocycles. The van der Waals surface area contributed by atoms with E-state index in [0.29, 0.717) is 26.3 Å². The summed E-state index contributed by atoms with van der Waals surface area (Å²) in [5.41, 5.74) is 1.92. The van der Waals surface area contributed by atoms with Crippen molar-refractivity contribution in [3.63, 3.8) is 0 Å². The number of aliphatic carboxylic acids is 1. The Kier molecular flexibility index (Phi) is 4.75. The molecule has 0 spiro atoms. The number of rotatable bonds is 6. The molecule has 1 aromatic heterocycles. The van der Waals surface area contributed by atoms with E-state index in [0.717, 1.165) is 29.4 Å². The zero-order valence-corrected chi connectivity index (χ0v) is 12.5. The van der Waals surface area contributed by atoms with E-state index in [1.807, 2.05) is 24.3 Å². The van der Waals surface area contributed by atoms with Crippen molar-refractivity contribution in [2.24, 2.45) is 11.8 Å². The Balaban J connectivity index is 1.60. The number of ether oxygens (including phenoxy) is 1. The highest BCUT2D eigenvalue weighted by Crippen LogP contribution is 2.24. The molecule has 118 valence electrons. The Morgan fingerprint density at radius 3 is 2.91 bits per heavy atom. The maximum absolute atomic E-state index is 11.5. The molecule has 0 radical (unpaired) electrons. The summed E-state index contributed by atoms with van der Waals surface area (Å²) >= 11 is 0. The molecule has 2 aromatic rings. The lowest BCUT2D eigenvalue weighted by Gasteiger charge is -2.27. The zero-order chi connectivity index (χ0) is 15.4. The van der Waals surface area contributed by atoms with Gasteiger partial charge in [-0.2, -0.15) is 0 Å². The molecule has 5 nitrogen and oxygen atoms in total. The van der Waals surface area contributed by atoms with Crippen LogP contribution in [0.5, 0.6) is 0 Å². The van der Waals surface area contributed by atoms with Gasteiger partial charge >= 0.3 is 5.97 Å². The normalized spacial score (nSPS) is 17.6. The van der Waals surface area contributed by atoms with Crippen molar-refractivity contribution in [3.05, 3.63) is 36.1 Å². The Labute approximate surface area is 129 Å². The Morgan fingerprint density at radius 1 is 1.32 bits per heavy atom.